The van der Waals surface area contributed by atoms with Crippen LogP contribution in [0.1, 0.15) is 18.0 Å². The number of hydrogen-bond donors (Lipinski definition) is 1. The van der Waals surface area contributed by atoms with Crippen molar-refractivity contribution in [3.05, 3.63) is 36.0 Å². The first-order valence-corrected chi connectivity index (χ1v) is 6.33. The Morgan fingerprint density at radius 3 is 2.84 bits per heavy atom. The topological polar surface area (TPSA) is 48.3 Å². The number of aromatic nitrogens is 2. The van der Waals surface area contributed by atoms with Crippen molar-refractivity contribution in [3.8, 4) is 11.5 Å². The maximum absolute atomic E-state index is 5.37. The summed E-state index contributed by atoms with van der Waals surface area (Å²) in [7, 11) is 3.30. The number of nitrogens with one attached hydrogen (secondary N) is 1. The average molecular weight is 259 g/mol. The molecule has 1 N–H and O–H groups in total. The molecule has 5 nitrogen and oxygen atoms in total. The van der Waals surface area contributed by atoms with Crippen LogP contribution in [0.5, 0.6) is 11.5 Å². The first-order chi connectivity index (χ1) is 9.33. The Balaban J connectivity index is 2.00. The van der Waals surface area contributed by atoms with E-state index in [1.807, 2.05) is 29.1 Å². The van der Waals surface area contributed by atoms with Gasteiger partial charge in [-0.05, 0) is 24.1 Å². The lowest BCUT2D eigenvalue weighted by molar-refractivity contribution is 0.353. The van der Waals surface area contributed by atoms with Crippen LogP contribution >= 0.6 is 0 Å². The molecule has 0 spiro atoms. The van der Waals surface area contributed by atoms with E-state index in [2.05, 4.69) is 16.5 Å². The molecule has 19 heavy (non-hydrogen) atoms. The van der Waals surface area contributed by atoms with Gasteiger partial charge in [-0.2, -0.15) is 5.10 Å². The second kappa shape index (κ2) is 4.84. The highest BCUT2D eigenvalue weighted by Crippen LogP contribution is 2.34. The van der Waals surface area contributed by atoms with E-state index >= 15 is 0 Å². The van der Waals surface area contributed by atoms with Gasteiger partial charge < -0.3 is 14.8 Å². The summed E-state index contributed by atoms with van der Waals surface area (Å²) < 4.78 is 12.7. The van der Waals surface area contributed by atoms with Gasteiger partial charge in [0.15, 0.2) is 11.5 Å². The van der Waals surface area contributed by atoms with E-state index in [4.69, 9.17) is 9.47 Å². The third kappa shape index (κ3) is 2.01. The van der Waals surface area contributed by atoms with Gasteiger partial charge in [0.25, 0.3) is 0 Å². The molecule has 5 heteroatoms. The van der Waals surface area contributed by atoms with Gasteiger partial charge in [-0.15, -0.1) is 0 Å². The number of ether oxygens (including phenoxy) is 2. The summed E-state index contributed by atoms with van der Waals surface area (Å²) in [5, 5.41) is 7.73. The molecule has 0 saturated heterocycles. The molecule has 0 saturated carbocycles. The molecule has 1 aromatic heterocycles. The van der Waals surface area contributed by atoms with Crippen LogP contribution in [0.15, 0.2) is 30.5 Å². The summed E-state index contributed by atoms with van der Waals surface area (Å²) in [6, 6.07) is 8.28. The summed E-state index contributed by atoms with van der Waals surface area (Å²) >= 11 is 0. The predicted octanol–water partition coefficient (Wildman–Crippen LogP) is 2.31. The van der Waals surface area contributed by atoms with E-state index in [0.29, 0.717) is 0 Å². The van der Waals surface area contributed by atoms with Crippen LogP contribution < -0.4 is 14.8 Å². The van der Waals surface area contributed by atoms with E-state index in [-0.39, 0.29) is 6.04 Å². The molecule has 2 heterocycles. The maximum Gasteiger partial charge on any atom is 0.161 e. The molecule has 3 rings (SSSR count). The van der Waals surface area contributed by atoms with Gasteiger partial charge in [0.2, 0.25) is 0 Å². The third-order valence-corrected chi connectivity index (χ3v) is 3.48. The highest BCUT2D eigenvalue weighted by molar-refractivity contribution is 5.46. The van der Waals surface area contributed by atoms with Crippen molar-refractivity contribution in [2.75, 3.05) is 26.1 Å². The van der Waals surface area contributed by atoms with E-state index in [1.54, 1.807) is 14.2 Å². The van der Waals surface area contributed by atoms with Crippen molar-refractivity contribution in [1.82, 2.24) is 9.78 Å². The molecule has 0 amide bonds. The molecule has 1 atom stereocenters. The Kier molecular flexibility index (Phi) is 3.03. The Hall–Kier alpha value is -2.17. The van der Waals surface area contributed by atoms with Crippen molar-refractivity contribution in [2.45, 2.75) is 12.5 Å². The fraction of sp³-hybridized carbons (Fsp3) is 0.357. The summed E-state index contributed by atoms with van der Waals surface area (Å²) in [5.41, 5.74) is 1.18. The second-order valence-corrected chi connectivity index (χ2v) is 4.51. The van der Waals surface area contributed by atoms with Gasteiger partial charge in [0, 0.05) is 12.6 Å². The summed E-state index contributed by atoms with van der Waals surface area (Å²) in [6.45, 7) is 0.949. The van der Waals surface area contributed by atoms with E-state index in [9.17, 15) is 0 Å². The quantitative estimate of drug-likeness (QED) is 0.919. The van der Waals surface area contributed by atoms with Crippen LogP contribution in [0, 0.1) is 0 Å². The summed E-state index contributed by atoms with van der Waals surface area (Å²) in [4.78, 5) is 0. The standard InChI is InChI=1S/C14H17N3O2/c1-18-12-4-3-10(9-13(12)19-2)11-5-7-15-14-6-8-16-17(11)14/h3-4,6,8-9,11,15H,5,7H2,1-2H3. The highest BCUT2D eigenvalue weighted by atomic mass is 16.5. The second-order valence-electron chi connectivity index (χ2n) is 4.51. The molecule has 2 aromatic rings. The SMILES string of the molecule is COc1ccc(C2CCNc3ccnn32)cc1OC. The van der Waals surface area contributed by atoms with Gasteiger partial charge in [-0.1, -0.05) is 6.07 Å². The van der Waals surface area contributed by atoms with Crippen LogP contribution in [0.3, 0.4) is 0 Å². The third-order valence-electron chi connectivity index (χ3n) is 3.48. The minimum Gasteiger partial charge on any atom is -0.493 e. The van der Waals surface area contributed by atoms with Crippen LogP contribution in [0.25, 0.3) is 0 Å². The molecule has 0 bridgehead atoms. The highest BCUT2D eigenvalue weighted by Gasteiger charge is 2.22. The zero-order valence-corrected chi connectivity index (χ0v) is 11.1. The monoisotopic (exact) mass is 259 g/mol. The zero-order chi connectivity index (χ0) is 13.2. The molecule has 1 aromatic carbocycles. The van der Waals surface area contributed by atoms with Crippen molar-refractivity contribution >= 4 is 5.82 Å². The van der Waals surface area contributed by atoms with E-state index in [0.717, 1.165) is 30.3 Å². The van der Waals surface area contributed by atoms with Gasteiger partial charge in [-0.3, -0.25) is 0 Å². The zero-order valence-electron chi connectivity index (χ0n) is 11.1. The molecular formula is C14H17N3O2. The number of rotatable bonds is 3. The van der Waals surface area contributed by atoms with Crippen molar-refractivity contribution < 1.29 is 9.47 Å². The largest absolute Gasteiger partial charge is 0.493 e. The minimum atomic E-state index is 0.242. The number of benzene rings is 1. The number of anilines is 1. The van der Waals surface area contributed by atoms with Crippen molar-refractivity contribution in [1.29, 1.82) is 0 Å². The normalized spacial score (nSPS) is 17.5. The molecule has 1 unspecified atom stereocenters. The smallest absolute Gasteiger partial charge is 0.161 e. The Morgan fingerprint density at radius 1 is 1.21 bits per heavy atom. The molecule has 100 valence electrons. The van der Waals surface area contributed by atoms with Crippen molar-refractivity contribution in [2.24, 2.45) is 0 Å². The molecule has 1 aliphatic rings. The van der Waals surface area contributed by atoms with Gasteiger partial charge in [0.1, 0.15) is 5.82 Å². The summed E-state index contributed by atoms with van der Waals surface area (Å²) in [5.74, 6) is 2.57. The summed E-state index contributed by atoms with van der Waals surface area (Å²) in [6.07, 6.45) is 2.82. The van der Waals surface area contributed by atoms with Gasteiger partial charge in [-0.25, -0.2) is 4.68 Å². The van der Waals surface area contributed by atoms with E-state index < -0.39 is 0 Å². The van der Waals surface area contributed by atoms with Crippen LogP contribution in [-0.4, -0.2) is 30.5 Å². The van der Waals surface area contributed by atoms with Crippen LogP contribution in [0.2, 0.25) is 0 Å². The van der Waals surface area contributed by atoms with E-state index in [1.165, 1.54) is 5.56 Å². The number of fused-ring (bicyclic) bond motifs is 1. The first-order valence-electron chi connectivity index (χ1n) is 6.33. The van der Waals surface area contributed by atoms with Gasteiger partial charge in [0.05, 0.1) is 26.5 Å². The minimum absolute atomic E-state index is 0.242. The van der Waals surface area contributed by atoms with Crippen LogP contribution in [0.4, 0.5) is 5.82 Å². The number of methoxy groups -OCH3 is 2. The Morgan fingerprint density at radius 2 is 2.05 bits per heavy atom. The lowest BCUT2D eigenvalue weighted by Gasteiger charge is -2.26. The van der Waals surface area contributed by atoms with Gasteiger partial charge >= 0.3 is 0 Å². The molecule has 0 radical (unpaired) electrons. The molecule has 0 aliphatic carbocycles. The maximum atomic E-state index is 5.37. The number of hydrogen-bond acceptors (Lipinski definition) is 4. The molecule has 1 aliphatic heterocycles. The molecule has 0 fully saturated rings. The molecular weight excluding hydrogens is 242 g/mol. The fourth-order valence-electron chi connectivity index (χ4n) is 2.53. The van der Waals surface area contributed by atoms with Crippen molar-refractivity contribution in [3.63, 3.8) is 0 Å². The fourth-order valence-corrected chi connectivity index (χ4v) is 2.53. The lowest BCUT2D eigenvalue weighted by atomic mass is 10.0. The van der Waals surface area contributed by atoms with Crippen LogP contribution in [-0.2, 0) is 0 Å². The lowest BCUT2D eigenvalue weighted by Crippen LogP contribution is -2.24. The average Bonchev–Trinajstić information content (AvgIpc) is 2.94. The Bertz CT molecular complexity index is 580. The number of nitrogens with zero attached hydrogens (tertiary/aromatic N) is 2. The Labute approximate surface area is 112 Å². The predicted molar refractivity (Wildman–Crippen MR) is 73.0 cm³/mol. The first kappa shape index (κ1) is 11.9.